The molecule has 5 nitrogen and oxygen atoms in total. The number of anilines is 1. The van der Waals surface area contributed by atoms with Gasteiger partial charge >= 0.3 is 5.97 Å². The van der Waals surface area contributed by atoms with Gasteiger partial charge in [-0.2, -0.15) is 0 Å². The fraction of sp³-hybridized carbons (Fsp3) is 0.0909. The number of pyridine rings is 1. The monoisotopic (exact) mass is 252 g/mol. The Labute approximate surface area is 102 Å². The number of carbonyl (C=O) groups is 1. The van der Waals surface area contributed by atoms with Gasteiger partial charge < -0.3 is 16.3 Å². The highest BCUT2D eigenvalue weighted by molar-refractivity contribution is 7.17. The van der Waals surface area contributed by atoms with Gasteiger partial charge in [-0.25, -0.2) is 9.78 Å². The van der Waals surface area contributed by atoms with E-state index in [4.69, 9.17) is 10.8 Å². The third-order valence-electron chi connectivity index (χ3n) is 2.22. The van der Waals surface area contributed by atoms with Crippen LogP contribution in [0.1, 0.15) is 15.2 Å². The number of rotatable bonds is 2. The minimum absolute atomic E-state index is 0. The number of hydrogen-bond donors (Lipinski definition) is 2. The molecule has 0 saturated carbocycles. The van der Waals surface area contributed by atoms with Gasteiger partial charge in [0.25, 0.3) is 0 Å². The molecule has 2 heterocycles. The van der Waals surface area contributed by atoms with Crippen LogP contribution in [0.2, 0.25) is 0 Å². The summed E-state index contributed by atoms with van der Waals surface area (Å²) in [5, 5.41) is 8.82. The van der Waals surface area contributed by atoms with Crippen molar-refractivity contribution >= 4 is 23.1 Å². The van der Waals surface area contributed by atoms with Gasteiger partial charge in [-0.3, -0.25) is 0 Å². The zero-order valence-corrected chi connectivity index (χ0v) is 9.91. The van der Waals surface area contributed by atoms with Gasteiger partial charge in [-0.15, -0.1) is 11.3 Å². The van der Waals surface area contributed by atoms with Crippen molar-refractivity contribution in [3.8, 4) is 10.4 Å². The van der Waals surface area contributed by atoms with Crippen LogP contribution in [0.3, 0.4) is 0 Å². The lowest BCUT2D eigenvalue weighted by Crippen LogP contribution is -1.93. The first-order chi connectivity index (χ1) is 7.58. The molecule has 0 spiro atoms. The van der Waals surface area contributed by atoms with Crippen molar-refractivity contribution in [3.05, 3.63) is 34.8 Å². The van der Waals surface area contributed by atoms with Crippen LogP contribution < -0.4 is 5.73 Å². The van der Waals surface area contributed by atoms with Crippen LogP contribution in [0.25, 0.3) is 10.4 Å². The fourth-order valence-electron chi connectivity index (χ4n) is 1.33. The van der Waals surface area contributed by atoms with Gasteiger partial charge in [0.2, 0.25) is 0 Å². The van der Waals surface area contributed by atoms with E-state index in [2.05, 4.69) is 4.98 Å². The van der Waals surface area contributed by atoms with Crippen molar-refractivity contribution in [2.24, 2.45) is 0 Å². The number of thiophene rings is 1. The van der Waals surface area contributed by atoms with E-state index in [1.165, 1.54) is 11.3 Å². The van der Waals surface area contributed by atoms with Gasteiger partial charge in [0.05, 0.1) is 0 Å². The lowest BCUT2D eigenvalue weighted by molar-refractivity contribution is 0.0702. The van der Waals surface area contributed by atoms with E-state index in [1.54, 1.807) is 18.3 Å². The van der Waals surface area contributed by atoms with Gasteiger partial charge in [0.15, 0.2) is 0 Å². The van der Waals surface area contributed by atoms with Crippen LogP contribution in [0, 0.1) is 6.92 Å². The normalized spacial score (nSPS) is 9.71. The van der Waals surface area contributed by atoms with Crippen LogP contribution >= 0.6 is 11.3 Å². The lowest BCUT2D eigenvalue weighted by atomic mass is 10.2. The third kappa shape index (κ3) is 2.61. The first-order valence-electron chi connectivity index (χ1n) is 4.63. The molecule has 2 aromatic rings. The number of carboxylic acid groups (broad SMARTS) is 1. The van der Waals surface area contributed by atoms with Crippen LogP contribution in [-0.4, -0.2) is 21.5 Å². The number of nitrogens with two attached hydrogens (primary N) is 1. The Morgan fingerprint density at radius 2 is 2.18 bits per heavy atom. The quantitative estimate of drug-likeness (QED) is 0.845. The molecule has 90 valence electrons. The van der Waals surface area contributed by atoms with E-state index < -0.39 is 5.97 Å². The highest BCUT2D eigenvalue weighted by Crippen LogP contribution is 2.28. The second kappa shape index (κ2) is 4.94. The first kappa shape index (κ1) is 13.1. The van der Waals surface area contributed by atoms with Crippen LogP contribution in [0.15, 0.2) is 24.4 Å². The molecule has 0 aliphatic heterocycles. The summed E-state index contributed by atoms with van der Waals surface area (Å²) in [6.45, 7) is 1.87. The topological polar surface area (TPSA) is 108 Å². The van der Waals surface area contributed by atoms with E-state index in [0.717, 1.165) is 16.0 Å². The van der Waals surface area contributed by atoms with E-state index in [9.17, 15) is 4.79 Å². The smallest absolute Gasteiger partial charge is 0.345 e. The molecular weight excluding hydrogens is 240 g/mol. The van der Waals surface area contributed by atoms with Crippen molar-refractivity contribution < 1.29 is 15.4 Å². The van der Waals surface area contributed by atoms with Crippen molar-refractivity contribution in [2.75, 3.05) is 5.73 Å². The number of carboxylic acids is 1. The van der Waals surface area contributed by atoms with Crippen LogP contribution in [0.5, 0.6) is 0 Å². The SMILES string of the molecule is Cc1cc(-c2ccc(C(=O)O)s2)cnc1N.O. The summed E-state index contributed by atoms with van der Waals surface area (Å²) >= 11 is 1.23. The molecule has 6 heteroatoms. The highest BCUT2D eigenvalue weighted by atomic mass is 32.1. The Kier molecular flexibility index (Phi) is 3.82. The number of nitrogen functional groups attached to an aromatic ring is 1. The lowest BCUT2D eigenvalue weighted by Gasteiger charge is -2.01. The summed E-state index contributed by atoms with van der Waals surface area (Å²) in [6.07, 6.45) is 1.65. The van der Waals surface area contributed by atoms with E-state index in [1.807, 2.05) is 13.0 Å². The maximum Gasteiger partial charge on any atom is 0.345 e. The summed E-state index contributed by atoms with van der Waals surface area (Å²) in [4.78, 5) is 16.0. The van der Waals surface area contributed by atoms with Crippen LogP contribution in [-0.2, 0) is 0 Å². The summed E-state index contributed by atoms with van der Waals surface area (Å²) in [6, 6.07) is 5.27. The Bertz CT molecular complexity index is 551. The Morgan fingerprint density at radius 3 is 2.71 bits per heavy atom. The Balaban J connectivity index is 0.00000144. The molecule has 0 unspecified atom stereocenters. The highest BCUT2D eigenvalue weighted by Gasteiger charge is 2.09. The van der Waals surface area contributed by atoms with E-state index in [0.29, 0.717) is 10.7 Å². The number of aryl methyl sites for hydroxylation is 1. The largest absolute Gasteiger partial charge is 0.477 e. The van der Waals surface area contributed by atoms with Gasteiger partial charge in [0.1, 0.15) is 10.7 Å². The molecule has 17 heavy (non-hydrogen) atoms. The van der Waals surface area contributed by atoms with Crippen LogP contribution in [0.4, 0.5) is 5.82 Å². The molecule has 0 aromatic carbocycles. The minimum atomic E-state index is -0.906. The molecule has 0 aliphatic rings. The predicted molar refractivity (Wildman–Crippen MR) is 67.3 cm³/mol. The van der Waals surface area contributed by atoms with Crippen molar-refractivity contribution in [2.45, 2.75) is 6.92 Å². The van der Waals surface area contributed by atoms with Gasteiger partial charge in [0, 0.05) is 16.6 Å². The zero-order chi connectivity index (χ0) is 11.7. The second-order valence-electron chi connectivity index (χ2n) is 3.40. The molecule has 2 rings (SSSR count). The molecule has 5 N–H and O–H groups in total. The Hall–Kier alpha value is -1.92. The maximum absolute atomic E-state index is 10.7. The van der Waals surface area contributed by atoms with E-state index in [-0.39, 0.29) is 5.48 Å². The standard InChI is InChI=1S/C11H10N2O2S.H2O/c1-6-4-7(5-13-10(6)12)8-2-3-9(16-8)11(14)15;/h2-5H,1H3,(H2,12,13)(H,14,15);1H2. The number of hydrogen-bond acceptors (Lipinski definition) is 4. The molecule has 0 amide bonds. The predicted octanol–water partition coefficient (Wildman–Crippen LogP) is 1.57. The third-order valence-corrected chi connectivity index (χ3v) is 3.34. The molecule has 0 saturated heterocycles. The van der Waals surface area contributed by atoms with Gasteiger partial charge in [-0.1, -0.05) is 0 Å². The molecule has 0 aliphatic carbocycles. The first-order valence-corrected chi connectivity index (χ1v) is 5.45. The summed E-state index contributed by atoms with van der Waals surface area (Å²) < 4.78 is 0. The molecule has 0 bridgehead atoms. The molecule has 0 atom stereocenters. The van der Waals surface area contributed by atoms with Gasteiger partial charge in [-0.05, 0) is 30.7 Å². The number of nitrogens with zero attached hydrogens (tertiary/aromatic N) is 1. The van der Waals surface area contributed by atoms with E-state index >= 15 is 0 Å². The molecule has 0 fully saturated rings. The van der Waals surface area contributed by atoms with Crippen molar-refractivity contribution in [1.82, 2.24) is 4.98 Å². The molecular formula is C11H12N2O3S. The summed E-state index contributed by atoms with van der Waals surface area (Å²) in [7, 11) is 0. The average molecular weight is 252 g/mol. The summed E-state index contributed by atoms with van der Waals surface area (Å²) in [5.41, 5.74) is 7.40. The Morgan fingerprint density at radius 1 is 1.47 bits per heavy atom. The second-order valence-corrected chi connectivity index (χ2v) is 4.48. The number of aromatic nitrogens is 1. The minimum Gasteiger partial charge on any atom is -0.477 e. The van der Waals surface area contributed by atoms with Crippen molar-refractivity contribution in [1.29, 1.82) is 0 Å². The maximum atomic E-state index is 10.7. The fourth-order valence-corrected chi connectivity index (χ4v) is 2.15. The molecule has 2 aromatic heterocycles. The average Bonchev–Trinajstić information content (AvgIpc) is 2.71. The summed E-state index contributed by atoms with van der Waals surface area (Å²) in [5.74, 6) is -0.407. The zero-order valence-electron chi connectivity index (χ0n) is 9.10. The molecule has 0 radical (unpaired) electrons. The number of aromatic carboxylic acids is 1. The van der Waals surface area contributed by atoms with Crippen molar-refractivity contribution in [3.63, 3.8) is 0 Å².